The summed E-state index contributed by atoms with van der Waals surface area (Å²) < 4.78 is 13.1. The number of aromatic nitrogens is 1. The third-order valence-electron chi connectivity index (χ3n) is 4.23. The lowest BCUT2D eigenvalue weighted by Gasteiger charge is -2.15. The molecule has 0 radical (unpaired) electrons. The average Bonchev–Trinajstić information content (AvgIpc) is 2.58. The van der Waals surface area contributed by atoms with E-state index >= 15 is 0 Å². The number of unbranched alkanes of at least 4 members (excludes halogenated alkanes) is 1. The van der Waals surface area contributed by atoms with Gasteiger partial charge in [0.25, 0.3) is 0 Å². The third-order valence-corrected chi connectivity index (χ3v) is 4.23. The zero-order valence-corrected chi connectivity index (χ0v) is 14.3. The van der Waals surface area contributed by atoms with Crippen molar-refractivity contribution in [3.8, 4) is 11.3 Å². The van der Waals surface area contributed by atoms with Crippen LogP contribution in [0, 0.1) is 5.82 Å². The quantitative estimate of drug-likeness (QED) is 0.547. The summed E-state index contributed by atoms with van der Waals surface area (Å²) in [6, 6.07) is 10.8. The Bertz CT molecular complexity index is 643. The fraction of sp³-hybridized carbons (Fsp3) is 0.381. The van der Waals surface area contributed by atoms with Crippen molar-refractivity contribution in [3.63, 3.8) is 0 Å². The van der Waals surface area contributed by atoms with Crippen LogP contribution in [-0.2, 0) is 6.42 Å². The first kappa shape index (κ1) is 17.4. The van der Waals surface area contributed by atoms with Crippen LogP contribution in [0.1, 0.15) is 57.2 Å². The number of nitrogens with zero attached hydrogens (tertiary/aromatic N) is 1. The number of allylic oxidation sites excluding steroid dienone is 2. The molecule has 0 aliphatic rings. The number of rotatable bonds is 7. The SMILES string of the molecule is CCC/C=C\Cc1nc(-c2ccc(F)cc2)ccc1C(C)CC. The molecule has 2 rings (SSSR count). The van der Waals surface area contributed by atoms with E-state index in [0.29, 0.717) is 5.92 Å². The van der Waals surface area contributed by atoms with Gasteiger partial charge in [0.2, 0.25) is 0 Å². The summed E-state index contributed by atoms with van der Waals surface area (Å²) in [5.41, 5.74) is 4.32. The molecule has 0 aliphatic heterocycles. The second-order valence-corrected chi connectivity index (χ2v) is 6.01. The van der Waals surface area contributed by atoms with Crippen molar-refractivity contribution in [2.75, 3.05) is 0 Å². The maximum Gasteiger partial charge on any atom is 0.123 e. The van der Waals surface area contributed by atoms with Gasteiger partial charge in [-0.05, 0) is 54.7 Å². The van der Waals surface area contributed by atoms with Crippen molar-refractivity contribution in [1.82, 2.24) is 4.98 Å². The molecule has 2 aromatic rings. The van der Waals surface area contributed by atoms with Crippen LogP contribution in [0.2, 0.25) is 0 Å². The van der Waals surface area contributed by atoms with Crippen LogP contribution >= 0.6 is 0 Å². The number of hydrogen-bond acceptors (Lipinski definition) is 1. The summed E-state index contributed by atoms with van der Waals surface area (Å²) in [5, 5.41) is 0. The highest BCUT2D eigenvalue weighted by atomic mass is 19.1. The summed E-state index contributed by atoms with van der Waals surface area (Å²) in [5.74, 6) is 0.284. The second-order valence-electron chi connectivity index (χ2n) is 6.01. The summed E-state index contributed by atoms with van der Waals surface area (Å²) in [6.45, 7) is 6.63. The zero-order chi connectivity index (χ0) is 16.7. The zero-order valence-electron chi connectivity index (χ0n) is 14.3. The highest BCUT2D eigenvalue weighted by Crippen LogP contribution is 2.26. The van der Waals surface area contributed by atoms with Crippen LogP contribution in [0.3, 0.4) is 0 Å². The van der Waals surface area contributed by atoms with E-state index in [1.807, 2.05) is 6.07 Å². The van der Waals surface area contributed by atoms with Crippen LogP contribution in [-0.4, -0.2) is 4.98 Å². The lowest BCUT2D eigenvalue weighted by Crippen LogP contribution is -2.02. The Balaban J connectivity index is 2.33. The third kappa shape index (κ3) is 4.75. The van der Waals surface area contributed by atoms with Gasteiger partial charge in [0.15, 0.2) is 0 Å². The number of halogens is 1. The molecule has 1 heterocycles. The Morgan fingerprint density at radius 1 is 1.04 bits per heavy atom. The van der Waals surface area contributed by atoms with Gasteiger partial charge in [-0.2, -0.15) is 0 Å². The summed E-state index contributed by atoms with van der Waals surface area (Å²) >= 11 is 0. The lowest BCUT2D eigenvalue weighted by molar-refractivity contribution is 0.628. The van der Waals surface area contributed by atoms with Crippen molar-refractivity contribution in [2.45, 2.75) is 52.4 Å². The van der Waals surface area contributed by atoms with Gasteiger partial charge in [0.05, 0.1) is 5.69 Å². The topological polar surface area (TPSA) is 12.9 Å². The summed E-state index contributed by atoms with van der Waals surface area (Å²) in [6.07, 6.45) is 8.67. The molecule has 1 atom stereocenters. The van der Waals surface area contributed by atoms with Crippen molar-refractivity contribution in [3.05, 3.63) is 65.6 Å². The molecule has 0 amide bonds. The molecule has 23 heavy (non-hydrogen) atoms. The van der Waals surface area contributed by atoms with E-state index in [-0.39, 0.29) is 5.82 Å². The van der Waals surface area contributed by atoms with Gasteiger partial charge in [0.1, 0.15) is 5.82 Å². The first-order valence-corrected chi connectivity index (χ1v) is 8.56. The van der Waals surface area contributed by atoms with Crippen LogP contribution in [0.25, 0.3) is 11.3 Å². The minimum atomic E-state index is -0.215. The molecular weight excluding hydrogens is 285 g/mol. The Kier molecular flexibility index (Phi) is 6.52. The number of benzene rings is 1. The molecule has 0 N–H and O–H groups in total. The van der Waals surface area contributed by atoms with Crippen molar-refractivity contribution in [1.29, 1.82) is 0 Å². The molecule has 1 unspecified atom stereocenters. The first-order valence-electron chi connectivity index (χ1n) is 8.56. The van der Waals surface area contributed by atoms with E-state index in [4.69, 9.17) is 4.98 Å². The predicted octanol–water partition coefficient (Wildman–Crippen LogP) is 6.30. The second kappa shape index (κ2) is 8.61. The van der Waals surface area contributed by atoms with E-state index in [0.717, 1.165) is 42.6 Å². The maximum absolute atomic E-state index is 13.1. The normalized spacial score (nSPS) is 12.7. The Morgan fingerprint density at radius 3 is 2.43 bits per heavy atom. The predicted molar refractivity (Wildman–Crippen MR) is 96.1 cm³/mol. The summed E-state index contributed by atoms with van der Waals surface area (Å²) in [4.78, 5) is 4.87. The van der Waals surface area contributed by atoms with E-state index in [1.165, 1.54) is 17.7 Å². The largest absolute Gasteiger partial charge is 0.252 e. The standard InChI is InChI=1S/C21H26FN/c1-4-6-7-8-9-21-19(16(3)5-2)14-15-20(23-21)17-10-12-18(22)13-11-17/h7-8,10-16H,4-6,9H2,1-3H3/b8-7-. The average molecular weight is 311 g/mol. The highest BCUT2D eigenvalue weighted by molar-refractivity contribution is 5.59. The monoisotopic (exact) mass is 311 g/mol. The Morgan fingerprint density at radius 2 is 1.78 bits per heavy atom. The molecule has 0 bridgehead atoms. The molecule has 122 valence electrons. The molecule has 1 aromatic heterocycles. The van der Waals surface area contributed by atoms with Crippen LogP contribution in [0.5, 0.6) is 0 Å². The van der Waals surface area contributed by atoms with Gasteiger partial charge in [-0.1, -0.05) is 45.4 Å². The Hall–Kier alpha value is -1.96. The maximum atomic E-state index is 13.1. The molecule has 0 saturated carbocycles. The lowest BCUT2D eigenvalue weighted by atomic mass is 9.94. The van der Waals surface area contributed by atoms with Crippen LogP contribution in [0.15, 0.2) is 48.6 Å². The van der Waals surface area contributed by atoms with Crippen LogP contribution in [0.4, 0.5) is 4.39 Å². The molecule has 0 spiro atoms. The molecule has 0 aliphatic carbocycles. The minimum absolute atomic E-state index is 0.215. The van der Waals surface area contributed by atoms with Gasteiger partial charge in [-0.25, -0.2) is 4.39 Å². The van der Waals surface area contributed by atoms with Crippen LogP contribution < -0.4 is 0 Å². The molecule has 2 heteroatoms. The molecule has 1 nitrogen and oxygen atoms in total. The van der Waals surface area contributed by atoms with E-state index < -0.39 is 0 Å². The fourth-order valence-electron chi connectivity index (χ4n) is 2.61. The van der Waals surface area contributed by atoms with E-state index in [2.05, 4.69) is 39.0 Å². The summed E-state index contributed by atoms with van der Waals surface area (Å²) in [7, 11) is 0. The first-order chi connectivity index (χ1) is 11.2. The van der Waals surface area contributed by atoms with Gasteiger partial charge in [-0.3, -0.25) is 4.98 Å². The molecule has 0 fully saturated rings. The van der Waals surface area contributed by atoms with Gasteiger partial charge in [0, 0.05) is 17.7 Å². The molecule has 1 aromatic carbocycles. The number of hydrogen-bond donors (Lipinski definition) is 0. The molecule has 0 saturated heterocycles. The minimum Gasteiger partial charge on any atom is -0.252 e. The number of pyridine rings is 1. The van der Waals surface area contributed by atoms with Crippen molar-refractivity contribution < 1.29 is 4.39 Å². The van der Waals surface area contributed by atoms with Gasteiger partial charge in [-0.15, -0.1) is 0 Å². The van der Waals surface area contributed by atoms with E-state index in [9.17, 15) is 4.39 Å². The highest BCUT2D eigenvalue weighted by Gasteiger charge is 2.11. The van der Waals surface area contributed by atoms with Gasteiger partial charge < -0.3 is 0 Å². The smallest absolute Gasteiger partial charge is 0.123 e. The van der Waals surface area contributed by atoms with E-state index in [1.54, 1.807) is 12.1 Å². The Labute approximate surface area is 139 Å². The van der Waals surface area contributed by atoms with Crippen molar-refractivity contribution in [2.24, 2.45) is 0 Å². The fourth-order valence-corrected chi connectivity index (χ4v) is 2.61. The van der Waals surface area contributed by atoms with Crippen molar-refractivity contribution >= 4 is 0 Å². The van der Waals surface area contributed by atoms with Gasteiger partial charge >= 0.3 is 0 Å². The molecular formula is C21H26FN.